The highest BCUT2D eigenvalue weighted by atomic mass is 19.1. The number of rotatable bonds is 6. The molecule has 0 unspecified atom stereocenters. The second-order valence-corrected chi connectivity index (χ2v) is 4.67. The first kappa shape index (κ1) is 16.1. The molecule has 108 valence electrons. The van der Waals surface area contributed by atoms with Gasteiger partial charge in [-0.25, -0.2) is 4.39 Å². The van der Waals surface area contributed by atoms with Crippen molar-refractivity contribution in [2.75, 3.05) is 6.54 Å². The number of benzene rings is 1. The molecule has 0 aliphatic heterocycles. The summed E-state index contributed by atoms with van der Waals surface area (Å²) in [6.07, 6.45) is 1.45. The van der Waals surface area contributed by atoms with E-state index in [4.69, 9.17) is 11.0 Å². The smallest absolute Gasteiger partial charge is 0.239 e. The van der Waals surface area contributed by atoms with Crippen LogP contribution in [0.3, 0.4) is 0 Å². The number of amides is 1. The summed E-state index contributed by atoms with van der Waals surface area (Å²) in [7, 11) is 0. The Labute approximate surface area is 119 Å². The van der Waals surface area contributed by atoms with Crippen molar-refractivity contribution in [2.24, 2.45) is 5.73 Å². The van der Waals surface area contributed by atoms with Gasteiger partial charge in [0, 0.05) is 18.7 Å². The molecule has 1 rings (SSSR count). The average Bonchev–Trinajstić information content (AvgIpc) is 2.45. The van der Waals surface area contributed by atoms with Gasteiger partial charge in [0.2, 0.25) is 5.91 Å². The number of nitrogens with zero attached hydrogens (tertiary/aromatic N) is 2. The molecule has 0 heterocycles. The van der Waals surface area contributed by atoms with Crippen LogP contribution in [0.25, 0.3) is 0 Å². The number of halogens is 1. The van der Waals surface area contributed by atoms with Gasteiger partial charge >= 0.3 is 0 Å². The van der Waals surface area contributed by atoms with Crippen LogP contribution in [-0.2, 0) is 11.3 Å². The second-order valence-electron chi connectivity index (χ2n) is 4.67. The second kappa shape index (κ2) is 7.61. The Bertz CT molecular complexity index is 510. The zero-order chi connectivity index (χ0) is 15.1. The Kier molecular flexibility index (Phi) is 6.13. The van der Waals surface area contributed by atoms with Crippen LogP contribution in [0.5, 0.6) is 0 Å². The highest BCUT2D eigenvalue weighted by molar-refractivity contribution is 5.81. The lowest BCUT2D eigenvalue weighted by Gasteiger charge is -2.24. The normalized spacial score (nSPS) is 11.8. The third-order valence-corrected chi connectivity index (χ3v) is 3.15. The molecule has 1 aromatic rings. The highest BCUT2D eigenvalue weighted by Gasteiger charge is 2.20. The van der Waals surface area contributed by atoms with Crippen LogP contribution in [0.15, 0.2) is 18.2 Å². The maximum atomic E-state index is 13.8. The lowest BCUT2D eigenvalue weighted by molar-refractivity contribution is -0.133. The molecule has 0 saturated carbocycles. The molecular formula is C15H20FN3O. The minimum atomic E-state index is -0.540. The summed E-state index contributed by atoms with van der Waals surface area (Å²) in [6, 6.07) is 5.60. The molecule has 0 aromatic heterocycles. The van der Waals surface area contributed by atoms with Crippen molar-refractivity contribution in [1.82, 2.24) is 4.90 Å². The molecule has 5 heteroatoms. The van der Waals surface area contributed by atoms with E-state index in [0.717, 1.165) is 6.42 Å². The summed E-state index contributed by atoms with van der Waals surface area (Å²) in [5, 5.41) is 8.70. The molecule has 0 spiro atoms. The molecular weight excluding hydrogens is 257 g/mol. The Morgan fingerprint density at radius 2 is 2.20 bits per heavy atom. The van der Waals surface area contributed by atoms with Crippen LogP contribution in [0.4, 0.5) is 4.39 Å². The fourth-order valence-electron chi connectivity index (χ4n) is 1.97. The summed E-state index contributed by atoms with van der Waals surface area (Å²) in [5.41, 5.74) is 6.47. The number of nitriles is 1. The van der Waals surface area contributed by atoms with E-state index in [0.29, 0.717) is 18.5 Å². The Hall–Kier alpha value is -1.93. The molecule has 1 aromatic carbocycles. The van der Waals surface area contributed by atoms with Crippen LogP contribution in [0.2, 0.25) is 0 Å². The number of hydrogen-bond donors (Lipinski definition) is 1. The van der Waals surface area contributed by atoms with Gasteiger partial charge in [-0.05, 0) is 25.5 Å². The fourth-order valence-corrected chi connectivity index (χ4v) is 1.97. The van der Waals surface area contributed by atoms with E-state index < -0.39 is 11.9 Å². The largest absolute Gasteiger partial charge is 0.337 e. The summed E-state index contributed by atoms with van der Waals surface area (Å²) >= 11 is 0. The number of nitrogens with two attached hydrogens (primary N) is 1. The van der Waals surface area contributed by atoms with Gasteiger partial charge in [0.15, 0.2) is 0 Å². The standard InChI is InChI=1S/C15H20FN3O/c1-3-5-14(18)15(20)19(4-2)10-12-7-6-11(9-17)8-13(12)16/h6-8,14H,3-5,10,18H2,1-2H3/t14-/m0/s1. The highest BCUT2D eigenvalue weighted by Crippen LogP contribution is 2.13. The minimum absolute atomic E-state index is 0.168. The first-order valence-corrected chi connectivity index (χ1v) is 6.76. The predicted molar refractivity (Wildman–Crippen MR) is 75.1 cm³/mol. The van der Waals surface area contributed by atoms with E-state index in [2.05, 4.69) is 0 Å². The molecule has 0 fully saturated rings. The first-order valence-electron chi connectivity index (χ1n) is 6.76. The van der Waals surface area contributed by atoms with Crippen molar-refractivity contribution >= 4 is 5.91 Å². The molecule has 0 bridgehead atoms. The monoisotopic (exact) mass is 277 g/mol. The van der Waals surface area contributed by atoms with Gasteiger partial charge < -0.3 is 10.6 Å². The Balaban J connectivity index is 2.83. The van der Waals surface area contributed by atoms with Crippen molar-refractivity contribution in [1.29, 1.82) is 5.26 Å². The van der Waals surface area contributed by atoms with Gasteiger partial charge in [-0.2, -0.15) is 5.26 Å². The van der Waals surface area contributed by atoms with Gasteiger partial charge in [0.05, 0.1) is 17.7 Å². The third kappa shape index (κ3) is 4.04. The van der Waals surface area contributed by atoms with Gasteiger partial charge in [-0.15, -0.1) is 0 Å². The lowest BCUT2D eigenvalue weighted by Crippen LogP contribution is -2.43. The fraction of sp³-hybridized carbons (Fsp3) is 0.467. The molecule has 0 radical (unpaired) electrons. The van der Waals surface area contributed by atoms with E-state index in [9.17, 15) is 9.18 Å². The van der Waals surface area contributed by atoms with E-state index in [1.165, 1.54) is 17.0 Å². The minimum Gasteiger partial charge on any atom is -0.337 e. The van der Waals surface area contributed by atoms with E-state index in [-0.39, 0.29) is 18.0 Å². The number of carbonyl (C=O) groups is 1. The maximum absolute atomic E-state index is 13.8. The van der Waals surface area contributed by atoms with Crippen molar-refractivity contribution in [2.45, 2.75) is 39.3 Å². The van der Waals surface area contributed by atoms with Crippen LogP contribution >= 0.6 is 0 Å². The zero-order valence-electron chi connectivity index (χ0n) is 11.9. The van der Waals surface area contributed by atoms with Crippen molar-refractivity contribution < 1.29 is 9.18 Å². The summed E-state index contributed by atoms with van der Waals surface area (Å²) < 4.78 is 13.8. The molecule has 4 nitrogen and oxygen atoms in total. The summed E-state index contributed by atoms with van der Waals surface area (Å²) in [6.45, 7) is 4.43. The van der Waals surface area contributed by atoms with E-state index >= 15 is 0 Å². The van der Waals surface area contributed by atoms with Crippen molar-refractivity contribution in [3.8, 4) is 6.07 Å². The molecule has 1 amide bonds. The third-order valence-electron chi connectivity index (χ3n) is 3.15. The Morgan fingerprint density at radius 1 is 1.50 bits per heavy atom. The molecule has 1 atom stereocenters. The van der Waals surface area contributed by atoms with Gasteiger partial charge in [-0.1, -0.05) is 19.4 Å². The molecule has 0 aliphatic carbocycles. The molecule has 0 saturated heterocycles. The summed E-state index contributed by atoms with van der Waals surface area (Å²) in [5.74, 6) is -0.641. The predicted octanol–water partition coefficient (Wildman–Crippen LogP) is 2.17. The molecule has 2 N–H and O–H groups in total. The van der Waals surface area contributed by atoms with E-state index in [1.54, 1.807) is 6.07 Å². The maximum Gasteiger partial charge on any atom is 0.239 e. The summed E-state index contributed by atoms with van der Waals surface area (Å²) in [4.78, 5) is 13.7. The number of hydrogen-bond acceptors (Lipinski definition) is 3. The van der Waals surface area contributed by atoms with Gasteiger partial charge in [0.25, 0.3) is 0 Å². The SMILES string of the molecule is CCC[C@H](N)C(=O)N(CC)Cc1ccc(C#N)cc1F. The topological polar surface area (TPSA) is 70.1 Å². The lowest BCUT2D eigenvalue weighted by atomic mass is 10.1. The number of likely N-dealkylation sites (N-methyl/N-ethyl adjacent to an activating group) is 1. The first-order chi connectivity index (χ1) is 9.53. The molecule has 20 heavy (non-hydrogen) atoms. The van der Waals surface area contributed by atoms with Crippen LogP contribution < -0.4 is 5.73 Å². The van der Waals surface area contributed by atoms with Crippen LogP contribution in [0, 0.1) is 17.1 Å². The average molecular weight is 277 g/mol. The van der Waals surface area contributed by atoms with Crippen LogP contribution in [-0.4, -0.2) is 23.4 Å². The van der Waals surface area contributed by atoms with Crippen molar-refractivity contribution in [3.63, 3.8) is 0 Å². The van der Waals surface area contributed by atoms with Crippen molar-refractivity contribution in [3.05, 3.63) is 35.1 Å². The molecule has 0 aliphatic rings. The van der Waals surface area contributed by atoms with Gasteiger partial charge in [0.1, 0.15) is 5.82 Å². The quantitative estimate of drug-likeness (QED) is 0.866. The van der Waals surface area contributed by atoms with Crippen LogP contribution in [0.1, 0.15) is 37.8 Å². The Morgan fingerprint density at radius 3 is 2.70 bits per heavy atom. The number of carbonyl (C=O) groups excluding carboxylic acids is 1. The zero-order valence-corrected chi connectivity index (χ0v) is 11.9. The van der Waals surface area contributed by atoms with Gasteiger partial charge in [-0.3, -0.25) is 4.79 Å². The van der Waals surface area contributed by atoms with E-state index in [1.807, 2.05) is 19.9 Å².